The molecule has 1 fully saturated rings. The number of nitrogens with zero attached hydrogens (tertiary/aromatic N) is 1. The largest absolute Gasteiger partial charge is 0.469 e. The van der Waals surface area contributed by atoms with Crippen LogP contribution in [-0.2, 0) is 20.7 Å². The Morgan fingerprint density at radius 1 is 1.19 bits per heavy atom. The van der Waals surface area contributed by atoms with E-state index >= 15 is 0 Å². The Morgan fingerprint density at radius 2 is 1.85 bits per heavy atom. The maximum atomic E-state index is 13.1. The van der Waals surface area contributed by atoms with Gasteiger partial charge in [-0.25, -0.2) is 4.39 Å². The highest BCUT2D eigenvalue weighted by atomic mass is 19.1. The maximum Gasteiger partial charge on any atom is 0.310 e. The van der Waals surface area contributed by atoms with Gasteiger partial charge in [0.05, 0.1) is 13.0 Å². The first-order valence-electron chi connectivity index (χ1n) is 9.59. The van der Waals surface area contributed by atoms with Crippen LogP contribution < -0.4 is 0 Å². The van der Waals surface area contributed by atoms with E-state index in [1.165, 1.54) is 38.5 Å². The number of hydrogen-bond donors (Lipinski definition) is 0. The molecule has 1 aromatic carbocycles. The minimum Gasteiger partial charge on any atom is -0.469 e. The fraction of sp³-hybridized carbons (Fsp3) is 0.619. The van der Waals surface area contributed by atoms with Gasteiger partial charge in [-0.2, -0.15) is 0 Å². The van der Waals surface area contributed by atoms with Gasteiger partial charge >= 0.3 is 5.97 Å². The minimum absolute atomic E-state index is 0.106. The number of halogens is 1. The van der Waals surface area contributed by atoms with Gasteiger partial charge in [0.25, 0.3) is 0 Å². The van der Waals surface area contributed by atoms with E-state index in [1.54, 1.807) is 24.0 Å². The summed E-state index contributed by atoms with van der Waals surface area (Å²) in [6.45, 7) is 2.67. The Hall–Kier alpha value is -1.91. The Bertz CT molecular complexity index is 581. The van der Waals surface area contributed by atoms with Gasteiger partial charge in [0.1, 0.15) is 5.82 Å². The second-order valence-electron chi connectivity index (χ2n) is 7.35. The predicted octanol–water partition coefficient (Wildman–Crippen LogP) is 3.98. The molecule has 5 heteroatoms. The highest BCUT2D eigenvalue weighted by Crippen LogP contribution is 2.27. The zero-order valence-corrected chi connectivity index (χ0v) is 15.9. The summed E-state index contributed by atoms with van der Waals surface area (Å²) in [5.74, 6) is -0.364. The number of hydrogen-bond acceptors (Lipinski definition) is 3. The third-order valence-corrected chi connectivity index (χ3v) is 5.22. The lowest BCUT2D eigenvalue weighted by atomic mass is 9.86. The third-order valence-electron chi connectivity index (χ3n) is 5.22. The molecule has 0 spiro atoms. The van der Waals surface area contributed by atoms with E-state index in [4.69, 9.17) is 4.74 Å². The zero-order chi connectivity index (χ0) is 18.9. The van der Waals surface area contributed by atoms with Crippen LogP contribution in [0.1, 0.15) is 51.0 Å². The first-order chi connectivity index (χ1) is 12.5. The summed E-state index contributed by atoms with van der Waals surface area (Å²) in [5.41, 5.74) is 0.979. The Kier molecular flexibility index (Phi) is 8.07. The molecule has 144 valence electrons. The summed E-state index contributed by atoms with van der Waals surface area (Å²) >= 11 is 0. The van der Waals surface area contributed by atoms with Crippen molar-refractivity contribution < 1.29 is 18.7 Å². The first kappa shape index (κ1) is 20.4. The summed E-state index contributed by atoms with van der Waals surface area (Å²) < 4.78 is 17.9. The van der Waals surface area contributed by atoms with Crippen molar-refractivity contribution in [2.24, 2.45) is 11.8 Å². The Balaban J connectivity index is 1.98. The summed E-state index contributed by atoms with van der Waals surface area (Å²) in [7, 11) is 1.37. The van der Waals surface area contributed by atoms with Crippen LogP contribution in [0.2, 0.25) is 0 Å². The molecule has 1 aliphatic carbocycles. The van der Waals surface area contributed by atoms with Crippen molar-refractivity contribution in [2.45, 2.75) is 51.9 Å². The topological polar surface area (TPSA) is 46.6 Å². The van der Waals surface area contributed by atoms with Gasteiger partial charge in [-0.15, -0.1) is 0 Å². The van der Waals surface area contributed by atoms with Gasteiger partial charge in [-0.1, -0.05) is 38.3 Å². The van der Waals surface area contributed by atoms with E-state index < -0.39 is 0 Å². The molecule has 1 aliphatic rings. The molecule has 1 atom stereocenters. The van der Waals surface area contributed by atoms with Crippen molar-refractivity contribution in [1.82, 2.24) is 4.90 Å². The lowest BCUT2D eigenvalue weighted by Gasteiger charge is -2.28. The summed E-state index contributed by atoms with van der Waals surface area (Å²) in [6, 6.07) is 6.34. The molecule has 2 rings (SSSR count). The Morgan fingerprint density at radius 3 is 2.46 bits per heavy atom. The van der Waals surface area contributed by atoms with Gasteiger partial charge in [0.15, 0.2) is 0 Å². The average molecular weight is 363 g/mol. The molecule has 0 heterocycles. The molecule has 1 unspecified atom stereocenters. The molecular weight excluding hydrogens is 333 g/mol. The molecular formula is C21H30FNO3. The van der Waals surface area contributed by atoms with Gasteiger partial charge < -0.3 is 9.64 Å². The van der Waals surface area contributed by atoms with E-state index in [1.807, 2.05) is 0 Å². The molecule has 1 amide bonds. The molecule has 4 nitrogen and oxygen atoms in total. The third kappa shape index (κ3) is 6.43. The van der Waals surface area contributed by atoms with Crippen molar-refractivity contribution in [2.75, 3.05) is 20.2 Å². The van der Waals surface area contributed by atoms with Gasteiger partial charge in [-0.3, -0.25) is 9.59 Å². The molecule has 1 saturated carbocycles. The average Bonchev–Trinajstić information content (AvgIpc) is 2.66. The van der Waals surface area contributed by atoms with Crippen LogP contribution in [0.4, 0.5) is 4.39 Å². The summed E-state index contributed by atoms with van der Waals surface area (Å²) in [6.07, 6.45) is 7.09. The quantitative estimate of drug-likeness (QED) is 0.657. The van der Waals surface area contributed by atoms with Crippen LogP contribution in [0.15, 0.2) is 24.3 Å². The van der Waals surface area contributed by atoms with Crippen LogP contribution >= 0.6 is 0 Å². The highest BCUT2D eigenvalue weighted by Gasteiger charge is 2.24. The number of amides is 1. The minimum atomic E-state index is -0.358. The standard InChI is InChI=1S/C21H30FNO3/c1-16(21(25)26-2)15-23(13-12-17-8-10-19(22)11-9-17)20(24)14-18-6-4-3-5-7-18/h8-11,16,18H,3-7,12-15H2,1-2H3. The maximum absolute atomic E-state index is 13.1. The number of carbonyl (C=O) groups is 2. The van der Waals surface area contributed by atoms with Crippen molar-refractivity contribution in [1.29, 1.82) is 0 Å². The number of benzene rings is 1. The number of rotatable bonds is 8. The number of esters is 1. The van der Waals surface area contributed by atoms with Crippen LogP contribution in [0.5, 0.6) is 0 Å². The van der Waals surface area contributed by atoms with Crippen molar-refractivity contribution in [3.8, 4) is 0 Å². The molecule has 0 aliphatic heterocycles. The Labute approximate surface area is 155 Å². The SMILES string of the molecule is COC(=O)C(C)CN(CCc1ccc(F)cc1)C(=O)CC1CCCCC1. The van der Waals surface area contributed by atoms with E-state index in [-0.39, 0.29) is 23.6 Å². The van der Waals surface area contributed by atoms with Gasteiger partial charge in [-0.05, 0) is 42.9 Å². The van der Waals surface area contributed by atoms with E-state index in [2.05, 4.69) is 0 Å². The van der Waals surface area contributed by atoms with Crippen LogP contribution in [0.3, 0.4) is 0 Å². The normalized spacial score (nSPS) is 16.1. The molecule has 26 heavy (non-hydrogen) atoms. The molecule has 1 aromatic rings. The number of carbonyl (C=O) groups excluding carboxylic acids is 2. The molecule has 0 aromatic heterocycles. The lowest BCUT2D eigenvalue weighted by molar-refractivity contribution is -0.146. The summed E-state index contributed by atoms with van der Waals surface area (Å²) in [4.78, 5) is 26.4. The van der Waals surface area contributed by atoms with Crippen LogP contribution in [-0.4, -0.2) is 37.0 Å². The fourth-order valence-electron chi connectivity index (χ4n) is 3.61. The second-order valence-corrected chi connectivity index (χ2v) is 7.35. The highest BCUT2D eigenvalue weighted by molar-refractivity contribution is 5.78. The van der Waals surface area contributed by atoms with E-state index in [0.717, 1.165) is 18.4 Å². The number of methoxy groups -OCH3 is 1. The number of ether oxygens (including phenoxy) is 1. The van der Waals surface area contributed by atoms with Crippen LogP contribution in [0, 0.1) is 17.7 Å². The van der Waals surface area contributed by atoms with Crippen LogP contribution in [0.25, 0.3) is 0 Å². The molecule has 0 N–H and O–H groups in total. The predicted molar refractivity (Wildman–Crippen MR) is 99.1 cm³/mol. The van der Waals surface area contributed by atoms with E-state index in [0.29, 0.717) is 31.8 Å². The second kappa shape index (κ2) is 10.3. The van der Waals surface area contributed by atoms with E-state index in [9.17, 15) is 14.0 Å². The van der Waals surface area contributed by atoms with Gasteiger partial charge in [0.2, 0.25) is 5.91 Å². The van der Waals surface area contributed by atoms with Crippen molar-refractivity contribution in [3.05, 3.63) is 35.6 Å². The lowest BCUT2D eigenvalue weighted by Crippen LogP contribution is -2.39. The monoisotopic (exact) mass is 363 g/mol. The first-order valence-corrected chi connectivity index (χ1v) is 9.59. The molecule has 0 radical (unpaired) electrons. The summed E-state index contributed by atoms with van der Waals surface area (Å²) in [5, 5.41) is 0. The fourth-order valence-corrected chi connectivity index (χ4v) is 3.61. The van der Waals surface area contributed by atoms with Crippen molar-refractivity contribution >= 4 is 11.9 Å². The van der Waals surface area contributed by atoms with Crippen molar-refractivity contribution in [3.63, 3.8) is 0 Å². The van der Waals surface area contributed by atoms with Gasteiger partial charge in [0, 0.05) is 19.5 Å². The zero-order valence-electron chi connectivity index (χ0n) is 15.9. The molecule has 0 saturated heterocycles. The smallest absolute Gasteiger partial charge is 0.310 e. The molecule has 0 bridgehead atoms.